The largest absolute Gasteiger partial charge is 0.457 e. The third-order valence-electron chi connectivity index (χ3n) is 5.34. The summed E-state index contributed by atoms with van der Waals surface area (Å²) in [5, 5.41) is 19.5. The van der Waals surface area contributed by atoms with Gasteiger partial charge in [-0.3, -0.25) is 0 Å². The van der Waals surface area contributed by atoms with Crippen LogP contribution in [0.4, 0.5) is 22.0 Å². The van der Waals surface area contributed by atoms with Gasteiger partial charge in [0.05, 0.1) is 11.6 Å². The number of nitrogens with zero attached hydrogens (tertiary/aromatic N) is 1. The molecule has 0 saturated carbocycles. The second-order valence-electron chi connectivity index (χ2n) is 6.90. The number of ether oxygens (including phenoxy) is 1. The molecule has 0 aliphatic heterocycles. The molecule has 4 rings (SSSR count). The molecule has 0 fully saturated rings. The maximum atomic E-state index is 14.9. The summed E-state index contributed by atoms with van der Waals surface area (Å²) in [5.41, 5.74) is -7.88. The van der Waals surface area contributed by atoms with Gasteiger partial charge in [-0.1, -0.05) is 0 Å². The molecule has 3 atom stereocenters. The van der Waals surface area contributed by atoms with Crippen molar-refractivity contribution in [1.29, 1.82) is 5.26 Å². The van der Waals surface area contributed by atoms with Crippen molar-refractivity contribution in [3.63, 3.8) is 0 Å². The van der Waals surface area contributed by atoms with Gasteiger partial charge in [-0.15, -0.1) is 0 Å². The average molecular weight is 381 g/mol. The minimum atomic E-state index is -4.02. The fraction of sp³-hybridized carbons (Fsp3) is 0.316. The molecule has 8 heteroatoms. The zero-order chi connectivity index (χ0) is 19.8. The maximum absolute atomic E-state index is 14.9. The molecule has 2 aliphatic rings. The van der Waals surface area contributed by atoms with Gasteiger partial charge in [-0.25, -0.2) is 13.2 Å². The highest BCUT2D eigenvalue weighted by molar-refractivity contribution is 5.61. The van der Waals surface area contributed by atoms with Gasteiger partial charge in [0.1, 0.15) is 29.1 Å². The highest BCUT2D eigenvalue weighted by Gasteiger charge is 2.75. The first-order chi connectivity index (χ1) is 12.5. The summed E-state index contributed by atoms with van der Waals surface area (Å²) in [7, 11) is 0. The zero-order valence-corrected chi connectivity index (χ0v) is 13.9. The van der Waals surface area contributed by atoms with Crippen LogP contribution in [-0.4, -0.2) is 10.8 Å². The summed E-state index contributed by atoms with van der Waals surface area (Å²) in [6.45, 7) is 0.543. The Morgan fingerprint density at radius 1 is 1.22 bits per heavy atom. The first-order valence-corrected chi connectivity index (χ1v) is 8.02. The molecule has 0 aromatic heterocycles. The van der Waals surface area contributed by atoms with Crippen LogP contribution in [-0.2, 0) is 11.5 Å². The summed E-state index contributed by atoms with van der Waals surface area (Å²) in [5.74, 6) is -5.20. The number of hydrogen-bond acceptors (Lipinski definition) is 3. The van der Waals surface area contributed by atoms with Gasteiger partial charge >= 0.3 is 5.92 Å². The average Bonchev–Trinajstić information content (AvgIpc) is 2.92. The van der Waals surface area contributed by atoms with E-state index in [1.807, 2.05) is 0 Å². The van der Waals surface area contributed by atoms with E-state index in [2.05, 4.69) is 0 Å². The lowest BCUT2D eigenvalue weighted by Crippen LogP contribution is -2.49. The zero-order valence-electron chi connectivity index (χ0n) is 13.9. The van der Waals surface area contributed by atoms with E-state index >= 15 is 0 Å². The van der Waals surface area contributed by atoms with Gasteiger partial charge in [0.2, 0.25) is 5.67 Å². The molecule has 0 saturated heterocycles. The van der Waals surface area contributed by atoms with Crippen LogP contribution in [0.2, 0.25) is 0 Å². The van der Waals surface area contributed by atoms with Crippen LogP contribution < -0.4 is 4.74 Å². The van der Waals surface area contributed by atoms with Gasteiger partial charge in [-0.2, -0.15) is 14.0 Å². The predicted molar refractivity (Wildman–Crippen MR) is 83.4 cm³/mol. The summed E-state index contributed by atoms with van der Waals surface area (Å²) in [6, 6.07) is 6.70. The van der Waals surface area contributed by atoms with Crippen molar-refractivity contribution in [2.75, 3.05) is 0 Å². The van der Waals surface area contributed by atoms with E-state index in [0.29, 0.717) is 6.92 Å². The Balaban J connectivity index is 1.89. The molecule has 2 aromatic rings. The number of nitriles is 1. The number of aliphatic hydroxyl groups is 1. The maximum Gasteiger partial charge on any atom is 0.309 e. The molecule has 0 bridgehead atoms. The molecule has 1 unspecified atom stereocenters. The van der Waals surface area contributed by atoms with Gasteiger partial charge in [0, 0.05) is 29.2 Å². The molecule has 140 valence electrons. The van der Waals surface area contributed by atoms with Crippen LogP contribution in [0.3, 0.4) is 0 Å². The normalized spacial score (nSPS) is 30.1. The minimum absolute atomic E-state index is 0.0567. The summed E-state index contributed by atoms with van der Waals surface area (Å²) >= 11 is 0. The fourth-order valence-corrected chi connectivity index (χ4v) is 3.92. The number of hydrogen-bond donors (Lipinski definition) is 1. The van der Waals surface area contributed by atoms with Crippen molar-refractivity contribution in [2.45, 2.75) is 36.7 Å². The molecular weight excluding hydrogens is 369 g/mol. The van der Waals surface area contributed by atoms with Crippen molar-refractivity contribution < 1.29 is 31.8 Å². The second-order valence-corrected chi connectivity index (χ2v) is 6.90. The van der Waals surface area contributed by atoms with E-state index < -0.39 is 46.7 Å². The van der Waals surface area contributed by atoms with Gasteiger partial charge in [0.15, 0.2) is 0 Å². The van der Waals surface area contributed by atoms with Crippen molar-refractivity contribution in [2.24, 2.45) is 0 Å². The third kappa shape index (κ3) is 2.09. The Morgan fingerprint density at radius 2 is 1.93 bits per heavy atom. The highest BCUT2D eigenvalue weighted by Crippen LogP contribution is 2.67. The smallest absolute Gasteiger partial charge is 0.309 e. The van der Waals surface area contributed by atoms with E-state index in [9.17, 15) is 27.1 Å². The molecule has 0 heterocycles. The minimum Gasteiger partial charge on any atom is -0.457 e. The molecule has 0 amide bonds. The second kappa shape index (κ2) is 5.20. The van der Waals surface area contributed by atoms with E-state index in [0.717, 1.165) is 24.3 Å². The molecule has 2 aliphatic carbocycles. The van der Waals surface area contributed by atoms with Crippen LogP contribution in [0.1, 0.15) is 41.8 Å². The van der Waals surface area contributed by atoms with Gasteiger partial charge < -0.3 is 9.84 Å². The monoisotopic (exact) mass is 381 g/mol. The fourth-order valence-electron chi connectivity index (χ4n) is 3.92. The number of rotatable bonds is 2. The SMILES string of the molecule is CC1(F)C(F)(F)c2ccc(Oc3cc(F)cc(C#N)c3)c3c2[C@@]1(O)C[C@H]3F. The van der Waals surface area contributed by atoms with Crippen LogP contribution in [0.15, 0.2) is 30.3 Å². The topological polar surface area (TPSA) is 53.2 Å². The third-order valence-corrected chi connectivity index (χ3v) is 5.34. The Labute approximate surface area is 150 Å². The first kappa shape index (κ1) is 17.7. The van der Waals surface area contributed by atoms with E-state index in [1.54, 1.807) is 6.07 Å². The molecule has 0 radical (unpaired) electrons. The standard InChI is InChI=1S/C19H12F5NO2/c1-17(22)18(26)7-13(21)15-14(3-2-12(16(15)18)19(17,23)24)27-11-5-9(8-25)4-10(20)6-11/h2-6,13,26H,7H2,1H3/t13-,17?,18+/m1/s1. The predicted octanol–water partition coefficient (Wildman–Crippen LogP) is 4.93. The van der Waals surface area contributed by atoms with Crippen molar-refractivity contribution >= 4 is 0 Å². The quantitative estimate of drug-likeness (QED) is 0.751. The Morgan fingerprint density at radius 3 is 2.59 bits per heavy atom. The Hall–Kier alpha value is -2.66. The number of halogens is 5. The van der Waals surface area contributed by atoms with Crippen LogP contribution in [0.25, 0.3) is 0 Å². The summed E-state index contributed by atoms with van der Waals surface area (Å²) < 4.78 is 77.4. The lowest BCUT2D eigenvalue weighted by atomic mass is 9.85. The Kier molecular flexibility index (Phi) is 3.41. The highest BCUT2D eigenvalue weighted by atomic mass is 19.3. The van der Waals surface area contributed by atoms with Crippen LogP contribution in [0, 0.1) is 17.1 Å². The lowest BCUT2D eigenvalue weighted by Gasteiger charge is -2.34. The number of alkyl halides is 4. The lowest BCUT2D eigenvalue weighted by molar-refractivity contribution is -0.213. The molecular formula is C19H12F5NO2. The Bertz CT molecular complexity index is 1010. The molecule has 2 aromatic carbocycles. The molecule has 0 spiro atoms. The summed E-state index contributed by atoms with van der Waals surface area (Å²) in [6.07, 6.45) is -2.83. The van der Waals surface area contributed by atoms with Crippen molar-refractivity contribution in [1.82, 2.24) is 0 Å². The van der Waals surface area contributed by atoms with Gasteiger partial charge in [0.25, 0.3) is 0 Å². The van der Waals surface area contributed by atoms with Crippen molar-refractivity contribution in [3.8, 4) is 17.6 Å². The van der Waals surface area contributed by atoms with Crippen LogP contribution in [0.5, 0.6) is 11.5 Å². The number of benzene rings is 2. The molecule has 3 nitrogen and oxygen atoms in total. The molecule has 27 heavy (non-hydrogen) atoms. The first-order valence-electron chi connectivity index (χ1n) is 8.02. The summed E-state index contributed by atoms with van der Waals surface area (Å²) in [4.78, 5) is 0. The van der Waals surface area contributed by atoms with Crippen molar-refractivity contribution in [3.05, 3.63) is 58.4 Å². The van der Waals surface area contributed by atoms with E-state index in [-0.39, 0.29) is 22.6 Å². The van der Waals surface area contributed by atoms with Gasteiger partial charge in [-0.05, 0) is 31.2 Å². The molecule has 1 N–H and O–H groups in total. The van der Waals surface area contributed by atoms with E-state index in [1.165, 1.54) is 6.07 Å². The van der Waals surface area contributed by atoms with Crippen LogP contribution >= 0.6 is 0 Å². The van der Waals surface area contributed by atoms with E-state index in [4.69, 9.17) is 10.00 Å².